The lowest BCUT2D eigenvalue weighted by Gasteiger charge is -2.25. The molecule has 2 heterocycles. The number of ether oxygens (including phenoxy) is 2. The van der Waals surface area contributed by atoms with Crippen molar-refractivity contribution in [2.24, 2.45) is 0 Å². The van der Waals surface area contributed by atoms with E-state index in [0.29, 0.717) is 0 Å². The molecule has 1 aliphatic heterocycles. The van der Waals surface area contributed by atoms with E-state index in [0.717, 1.165) is 45.4 Å². The lowest BCUT2D eigenvalue weighted by atomic mass is 9.82. The van der Waals surface area contributed by atoms with Gasteiger partial charge in [-0.2, -0.15) is 0 Å². The minimum absolute atomic E-state index is 0.0816. The van der Waals surface area contributed by atoms with E-state index >= 15 is 0 Å². The number of hydrogen-bond donors (Lipinski definition) is 0. The molecule has 0 spiro atoms. The molecular formula is C38H27NO2. The topological polar surface area (TPSA) is 31.4 Å². The maximum atomic E-state index is 6.46. The molecule has 8 rings (SSSR count). The number of rotatable bonds is 3. The second-order valence-corrected chi connectivity index (χ2v) is 11.3. The van der Waals surface area contributed by atoms with Gasteiger partial charge in [-0.3, -0.25) is 4.98 Å². The molecule has 0 saturated heterocycles. The van der Waals surface area contributed by atoms with Gasteiger partial charge in [0.15, 0.2) is 23.0 Å². The first-order valence-corrected chi connectivity index (χ1v) is 13.9. The van der Waals surface area contributed by atoms with Gasteiger partial charge in [-0.15, -0.1) is 0 Å². The Bertz CT molecular complexity index is 1940. The summed E-state index contributed by atoms with van der Waals surface area (Å²) < 4.78 is 12.8. The Hall–Kier alpha value is -5.15. The predicted octanol–water partition coefficient (Wildman–Crippen LogP) is 10.3. The Morgan fingerprint density at radius 1 is 0.463 bits per heavy atom. The number of hydrogen-bond acceptors (Lipinski definition) is 3. The van der Waals surface area contributed by atoms with Crippen LogP contribution in [0.15, 0.2) is 128 Å². The lowest BCUT2D eigenvalue weighted by Crippen LogP contribution is -2.15. The van der Waals surface area contributed by atoms with Crippen LogP contribution in [0.4, 0.5) is 0 Å². The molecule has 0 fully saturated rings. The monoisotopic (exact) mass is 529 g/mol. The fraction of sp³-hybridized carbons (Fsp3) is 0.0789. The lowest BCUT2D eigenvalue weighted by molar-refractivity contribution is 0.359. The predicted molar refractivity (Wildman–Crippen MR) is 165 cm³/mol. The zero-order valence-corrected chi connectivity index (χ0v) is 22.9. The normalized spacial score (nSPS) is 13.7. The molecular weight excluding hydrogens is 502 g/mol. The van der Waals surface area contributed by atoms with Gasteiger partial charge in [-0.1, -0.05) is 98.8 Å². The Morgan fingerprint density at radius 2 is 1.05 bits per heavy atom. The Balaban J connectivity index is 1.07. The molecule has 0 unspecified atom stereocenters. The van der Waals surface area contributed by atoms with Crippen LogP contribution < -0.4 is 9.47 Å². The number of aromatic nitrogens is 1. The van der Waals surface area contributed by atoms with E-state index in [9.17, 15) is 0 Å². The highest BCUT2D eigenvalue weighted by molar-refractivity contribution is 5.83. The van der Waals surface area contributed by atoms with Crippen LogP contribution >= 0.6 is 0 Å². The molecule has 41 heavy (non-hydrogen) atoms. The third kappa shape index (κ3) is 3.85. The molecule has 0 saturated carbocycles. The molecule has 1 aliphatic carbocycles. The highest BCUT2D eigenvalue weighted by Gasteiger charge is 2.37. The Labute approximate surface area is 239 Å². The van der Waals surface area contributed by atoms with E-state index in [1.807, 2.05) is 30.5 Å². The van der Waals surface area contributed by atoms with Crippen LogP contribution in [-0.2, 0) is 5.41 Å². The van der Waals surface area contributed by atoms with Crippen molar-refractivity contribution in [2.45, 2.75) is 19.3 Å². The molecule has 0 bridgehead atoms. The smallest absolute Gasteiger partial charge is 0.170 e. The summed E-state index contributed by atoms with van der Waals surface area (Å²) in [5.74, 6) is 2.99. The van der Waals surface area contributed by atoms with Crippen LogP contribution in [0, 0.1) is 0 Å². The second kappa shape index (κ2) is 8.94. The van der Waals surface area contributed by atoms with Gasteiger partial charge < -0.3 is 9.47 Å². The van der Waals surface area contributed by atoms with Gasteiger partial charge in [0.05, 0.1) is 5.69 Å². The van der Waals surface area contributed by atoms with E-state index in [-0.39, 0.29) is 5.41 Å². The fourth-order valence-corrected chi connectivity index (χ4v) is 6.18. The molecule has 0 amide bonds. The number of nitrogens with zero attached hydrogens (tertiary/aromatic N) is 1. The third-order valence-corrected chi connectivity index (χ3v) is 8.43. The quantitative estimate of drug-likeness (QED) is 0.228. The van der Waals surface area contributed by atoms with Gasteiger partial charge in [0.2, 0.25) is 0 Å². The molecule has 0 atom stereocenters. The summed E-state index contributed by atoms with van der Waals surface area (Å²) in [6.45, 7) is 4.55. The summed E-state index contributed by atoms with van der Waals surface area (Å²) in [7, 11) is 0. The van der Waals surface area contributed by atoms with E-state index in [4.69, 9.17) is 9.47 Å². The first kappa shape index (κ1) is 23.7. The minimum Gasteiger partial charge on any atom is -0.450 e. The van der Waals surface area contributed by atoms with E-state index in [1.165, 1.54) is 33.4 Å². The maximum Gasteiger partial charge on any atom is 0.170 e. The van der Waals surface area contributed by atoms with E-state index < -0.39 is 0 Å². The first-order chi connectivity index (χ1) is 20.0. The zero-order chi connectivity index (χ0) is 27.6. The molecule has 3 heteroatoms. The summed E-state index contributed by atoms with van der Waals surface area (Å²) in [5, 5.41) is 0. The average Bonchev–Trinajstić information content (AvgIpc) is 3.25. The van der Waals surface area contributed by atoms with Crippen molar-refractivity contribution in [1.29, 1.82) is 0 Å². The molecule has 196 valence electrons. The van der Waals surface area contributed by atoms with Crippen LogP contribution in [0.25, 0.3) is 44.6 Å². The van der Waals surface area contributed by atoms with Crippen molar-refractivity contribution >= 4 is 0 Å². The summed E-state index contributed by atoms with van der Waals surface area (Å²) in [6, 6.07) is 42.3. The summed E-state index contributed by atoms with van der Waals surface area (Å²) in [4.78, 5) is 4.45. The van der Waals surface area contributed by atoms with Gasteiger partial charge in [0.1, 0.15) is 0 Å². The van der Waals surface area contributed by atoms with Crippen molar-refractivity contribution in [2.75, 3.05) is 0 Å². The van der Waals surface area contributed by atoms with Crippen molar-refractivity contribution < 1.29 is 9.47 Å². The number of benzene rings is 5. The highest BCUT2D eigenvalue weighted by atomic mass is 16.6. The van der Waals surface area contributed by atoms with Crippen LogP contribution in [0.2, 0.25) is 0 Å². The SMILES string of the molecule is CC1(C)c2ccccc2-c2cc3c(cc21)Oc1ccc(-c2ccc(-c4ccc(-c5ccccn5)cc4)cc2)cc1O3. The molecule has 5 aromatic carbocycles. The standard InChI is InChI=1S/C38H27NO2/c1-38(2)31-8-4-3-7-29(31)30-22-36-37(23-32(30)38)40-34-19-18-28(21-35(34)41-36)26-12-10-24(11-13-26)25-14-16-27(17-15-25)33-9-5-6-20-39-33/h3-23H,1-2H3. The average molecular weight is 530 g/mol. The second-order valence-electron chi connectivity index (χ2n) is 11.3. The first-order valence-electron chi connectivity index (χ1n) is 13.9. The van der Waals surface area contributed by atoms with Gasteiger partial charge in [-0.05, 0) is 80.9 Å². The van der Waals surface area contributed by atoms with Crippen molar-refractivity contribution in [3.05, 3.63) is 139 Å². The molecule has 2 aliphatic rings. The zero-order valence-electron chi connectivity index (χ0n) is 22.9. The van der Waals surface area contributed by atoms with Gasteiger partial charge in [0.25, 0.3) is 0 Å². The number of pyridine rings is 1. The minimum atomic E-state index is -0.0816. The van der Waals surface area contributed by atoms with Crippen LogP contribution in [-0.4, -0.2) is 4.98 Å². The Kier molecular flexibility index (Phi) is 5.17. The van der Waals surface area contributed by atoms with Crippen molar-refractivity contribution in [3.8, 4) is 67.6 Å². The summed E-state index contributed by atoms with van der Waals surface area (Å²) in [5.41, 5.74) is 11.7. The number of fused-ring (bicyclic) bond motifs is 5. The molecule has 3 nitrogen and oxygen atoms in total. The molecule has 0 N–H and O–H groups in total. The van der Waals surface area contributed by atoms with Crippen LogP contribution in [0.5, 0.6) is 23.0 Å². The van der Waals surface area contributed by atoms with Crippen molar-refractivity contribution in [1.82, 2.24) is 4.98 Å². The molecule has 6 aromatic rings. The maximum absolute atomic E-state index is 6.46. The van der Waals surface area contributed by atoms with Crippen molar-refractivity contribution in [3.63, 3.8) is 0 Å². The highest BCUT2D eigenvalue weighted by Crippen LogP contribution is 2.55. The molecule has 0 radical (unpaired) electrons. The van der Waals surface area contributed by atoms with Gasteiger partial charge in [0, 0.05) is 17.2 Å². The summed E-state index contributed by atoms with van der Waals surface area (Å²) in [6.07, 6.45) is 1.82. The molecule has 1 aromatic heterocycles. The van der Waals surface area contributed by atoms with Crippen LogP contribution in [0.3, 0.4) is 0 Å². The van der Waals surface area contributed by atoms with Gasteiger partial charge >= 0.3 is 0 Å². The summed E-state index contributed by atoms with van der Waals surface area (Å²) >= 11 is 0. The Morgan fingerprint density at radius 3 is 1.78 bits per heavy atom. The van der Waals surface area contributed by atoms with Crippen LogP contribution in [0.1, 0.15) is 25.0 Å². The fourth-order valence-electron chi connectivity index (χ4n) is 6.18. The largest absolute Gasteiger partial charge is 0.450 e. The van der Waals surface area contributed by atoms with E-state index in [1.54, 1.807) is 0 Å². The van der Waals surface area contributed by atoms with Gasteiger partial charge in [-0.25, -0.2) is 0 Å². The third-order valence-electron chi connectivity index (χ3n) is 8.43. The van der Waals surface area contributed by atoms with E-state index in [2.05, 4.69) is 116 Å².